The van der Waals surface area contributed by atoms with Gasteiger partial charge in [0.1, 0.15) is 11.6 Å². The van der Waals surface area contributed by atoms with E-state index in [0.29, 0.717) is 18.4 Å². The van der Waals surface area contributed by atoms with Crippen molar-refractivity contribution in [2.24, 2.45) is 0 Å². The minimum atomic E-state index is 0.576. The Morgan fingerprint density at radius 2 is 1.79 bits per heavy atom. The minimum absolute atomic E-state index is 0.576. The monoisotopic (exact) mass is 378 g/mol. The highest BCUT2D eigenvalue weighted by molar-refractivity contribution is 5.70. The topological polar surface area (TPSA) is 68.3 Å². The normalized spacial score (nSPS) is 10.5. The first-order chi connectivity index (χ1) is 13.7. The van der Waals surface area contributed by atoms with E-state index in [1.54, 1.807) is 14.2 Å². The van der Waals surface area contributed by atoms with Crippen LogP contribution in [0.4, 0.5) is 17.5 Å². The molecule has 0 saturated carbocycles. The third-order valence-electron chi connectivity index (χ3n) is 4.22. The third kappa shape index (κ3) is 5.20. The summed E-state index contributed by atoms with van der Waals surface area (Å²) in [4.78, 5) is 9.30. The van der Waals surface area contributed by atoms with Crippen LogP contribution in [-0.2, 0) is 4.74 Å². The van der Waals surface area contributed by atoms with Crippen molar-refractivity contribution in [3.8, 4) is 17.0 Å². The number of aryl methyl sites for hydroxylation is 1. The number of benzene rings is 2. The van der Waals surface area contributed by atoms with Gasteiger partial charge in [0, 0.05) is 31.9 Å². The molecule has 0 fully saturated rings. The maximum Gasteiger partial charge on any atom is 0.225 e. The molecule has 0 amide bonds. The van der Waals surface area contributed by atoms with Gasteiger partial charge in [-0.1, -0.05) is 36.4 Å². The Bertz CT molecular complexity index is 900. The van der Waals surface area contributed by atoms with Crippen molar-refractivity contribution in [3.63, 3.8) is 0 Å². The molecule has 3 rings (SSSR count). The highest BCUT2D eigenvalue weighted by Crippen LogP contribution is 2.30. The van der Waals surface area contributed by atoms with Crippen molar-refractivity contribution in [2.45, 2.75) is 13.3 Å². The molecule has 2 aromatic carbocycles. The molecule has 146 valence electrons. The average Bonchev–Trinajstić information content (AvgIpc) is 2.72. The number of hydrogen-bond acceptors (Lipinski definition) is 6. The van der Waals surface area contributed by atoms with E-state index >= 15 is 0 Å². The molecule has 6 nitrogen and oxygen atoms in total. The Morgan fingerprint density at radius 3 is 2.54 bits per heavy atom. The SMILES string of the molecule is COCCCNc1nc(Nc2cc(C)ccc2OC)cc(-c2ccccc2)n1. The molecule has 1 aromatic heterocycles. The fourth-order valence-corrected chi connectivity index (χ4v) is 2.82. The fraction of sp³-hybridized carbons (Fsp3) is 0.273. The van der Waals surface area contributed by atoms with Gasteiger partial charge in [-0.2, -0.15) is 4.98 Å². The van der Waals surface area contributed by atoms with E-state index in [4.69, 9.17) is 9.47 Å². The molecule has 0 unspecified atom stereocenters. The lowest BCUT2D eigenvalue weighted by atomic mass is 10.1. The highest BCUT2D eigenvalue weighted by atomic mass is 16.5. The number of anilines is 3. The molecule has 6 heteroatoms. The van der Waals surface area contributed by atoms with Crippen molar-refractivity contribution in [2.75, 3.05) is 38.0 Å². The second-order valence-corrected chi connectivity index (χ2v) is 6.43. The van der Waals surface area contributed by atoms with Crippen molar-refractivity contribution < 1.29 is 9.47 Å². The van der Waals surface area contributed by atoms with Crippen molar-refractivity contribution >= 4 is 17.5 Å². The highest BCUT2D eigenvalue weighted by Gasteiger charge is 2.10. The molecule has 2 N–H and O–H groups in total. The summed E-state index contributed by atoms with van der Waals surface area (Å²) in [5, 5.41) is 6.66. The lowest BCUT2D eigenvalue weighted by Gasteiger charge is -2.14. The second kappa shape index (κ2) is 9.71. The van der Waals surface area contributed by atoms with Crippen LogP contribution < -0.4 is 15.4 Å². The Labute approximate surface area is 166 Å². The zero-order valence-corrected chi connectivity index (χ0v) is 16.5. The third-order valence-corrected chi connectivity index (χ3v) is 4.22. The summed E-state index contributed by atoms with van der Waals surface area (Å²) in [6, 6.07) is 18.0. The Kier molecular flexibility index (Phi) is 6.81. The lowest BCUT2D eigenvalue weighted by molar-refractivity contribution is 0.197. The number of nitrogens with zero attached hydrogens (tertiary/aromatic N) is 2. The average molecular weight is 378 g/mol. The smallest absolute Gasteiger partial charge is 0.225 e. The van der Waals surface area contributed by atoms with Gasteiger partial charge in [-0.25, -0.2) is 4.98 Å². The number of methoxy groups -OCH3 is 2. The second-order valence-electron chi connectivity index (χ2n) is 6.43. The standard InChI is InChI=1S/C22H26N4O2/c1-16-10-11-20(28-3)19(14-16)24-21-15-18(17-8-5-4-6-9-17)25-22(26-21)23-12-7-13-27-2/h4-6,8-11,14-15H,7,12-13H2,1-3H3,(H2,23,24,25,26). The molecule has 0 aliphatic heterocycles. The van der Waals surface area contributed by atoms with E-state index in [1.165, 1.54) is 0 Å². The van der Waals surface area contributed by atoms with Gasteiger partial charge >= 0.3 is 0 Å². The minimum Gasteiger partial charge on any atom is -0.495 e. The molecule has 1 heterocycles. The predicted molar refractivity (Wildman–Crippen MR) is 113 cm³/mol. The lowest BCUT2D eigenvalue weighted by Crippen LogP contribution is -2.09. The molecular weight excluding hydrogens is 352 g/mol. The summed E-state index contributed by atoms with van der Waals surface area (Å²) >= 11 is 0. The van der Waals surface area contributed by atoms with Gasteiger partial charge in [0.05, 0.1) is 18.5 Å². The maximum atomic E-state index is 5.47. The summed E-state index contributed by atoms with van der Waals surface area (Å²) in [6.07, 6.45) is 0.879. The summed E-state index contributed by atoms with van der Waals surface area (Å²) < 4.78 is 10.6. The van der Waals surface area contributed by atoms with Crippen molar-refractivity contribution in [1.29, 1.82) is 0 Å². The van der Waals surface area contributed by atoms with E-state index in [1.807, 2.05) is 61.5 Å². The van der Waals surface area contributed by atoms with Crippen LogP contribution in [0, 0.1) is 6.92 Å². The molecule has 3 aromatic rings. The zero-order valence-electron chi connectivity index (χ0n) is 16.5. The molecule has 0 aliphatic rings. The molecule has 0 atom stereocenters. The predicted octanol–water partition coefficient (Wildman–Crippen LogP) is 4.65. The van der Waals surface area contributed by atoms with Gasteiger partial charge in [-0.3, -0.25) is 0 Å². The van der Waals surface area contributed by atoms with Crippen LogP contribution in [0.1, 0.15) is 12.0 Å². The Balaban J connectivity index is 1.92. The first-order valence-corrected chi connectivity index (χ1v) is 9.28. The number of ether oxygens (including phenoxy) is 2. The summed E-state index contributed by atoms with van der Waals surface area (Å²) in [5.74, 6) is 2.04. The van der Waals surface area contributed by atoms with Crippen molar-refractivity contribution in [1.82, 2.24) is 9.97 Å². The maximum absolute atomic E-state index is 5.47. The van der Waals surface area contributed by atoms with Crippen LogP contribution >= 0.6 is 0 Å². The van der Waals surface area contributed by atoms with E-state index in [0.717, 1.165) is 41.2 Å². The van der Waals surface area contributed by atoms with Crippen LogP contribution in [0.3, 0.4) is 0 Å². The zero-order chi connectivity index (χ0) is 19.8. The van der Waals surface area contributed by atoms with Gasteiger partial charge in [0.2, 0.25) is 5.95 Å². The molecule has 0 bridgehead atoms. The van der Waals surface area contributed by atoms with Gasteiger partial charge in [-0.05, 0) is 31.0 Å². The number of rotatable bonds is 9. The fourth-order valence-electron chi connectivity index (χ4n) is 2.82. The van der Waals surface area contributed by atoms with Crippen LogP contribution in [-0.4, -0.2) is 37.3 Å². The quantitative estimate of drug-likeness (QED) is 0.528. The molecule has 28 heavy (non-hydrogen) atoms. The van der Waals surface area contributed by atoms with Crippen LogP contribution in [0.5, 0.6) is 5.75 Å². The summed E-state index contributed by atoms with van der Waals surface area (Å²) in [7, 11) is 3.36. The van der Waals surface area contributed by atoms with Gasteiger partial charge < -0.3 is 20.1 Å². The first-order valence-electron chi connectivity index (χ1n) is 9.28. The molecular formula is C22H26N4O2. The molecule has 0 spiro atoms. The number of hydrogen-bond donors (Lipinski definition) is 2. The van der Waals surface area contributed by atoms with Crippen molar-refractivity contribution in [3.05, 3.63) is 60.2 Å². The van der Waals surface area contributed by atoms with E-state index in [2.05, 4.69) is 20.6 Å². The summed E-state index contributed by atoms with van der Waals surface area (Å²) in [6.45, 7) is 3.47. The Hall–Kier alpha value is -3.12. The number of aromatic nitrogens is 2. The van der Waals surface area contributed by atoms with Gasteiger partial charge in [-0.15, -0.1) is 0 Å². The molecule has 0 radical (unpaired) electrons. The van der Waals surface area contributed by atoms with E-state index in [9.17, 15) is 0 Å². The largest absolute Gasteiger partial charge is 0.495 e. The summed E-state index contributed by atoms with van der Waals surface area (Å²) in [5.41, 5.74) is 3.88. The first kappa shape index (κ1) is 19.6. The van der Waals surface area contributed by atoms with E-state index < -0.39 is 0 Å². The Morgan fingerprint density at radius 1 is 0.964 bits per heavy atom. The van der Waals surface area contributed by atoms with Crippen LogP contribution in [0.15, 0.2) is 54.6 Å². The van der Waals surface area contributed by atoms with Gasteiger partial charge in [0.15, 0.2) is 0 Å². The van der Waals surface area contributed by atoms with E-state index in [-0.39, 0.29) is 0 Å². The number of nitrogens with one attached hydrogen (secondary N) is 2. The molecule has 0 saturated heterocycles. The van der Waals surface area contributed by atoms with Crippen LogP contribution in [0.2, 0.25) is 0 Å². The molecule has 0 aliphatic carbocycles. The van der Waals surface area contributed by atoms with Crippen LogP contribution in [0.25, 0.3) is 11.3 Å². The van der Waals surface area contributed by atoms with Gasteiger partial charge in [0.25, 0.3) is 0 Å².